The van der Waals surface area contributed by atoms with Crippen molar-refractivity contribution in [3.63, 3.8) is 0 Å². The first-order valence-electron chi connectivity index (χ1n) is 7.59. The maximum Gasteiger partial charge on any atom is 0.0686 e. The molecule has 4 heteroatoms. The Morgan fingerprint density at radius 3 is 2.75 bits per heavy atom. The monoisotopic (exact) mass is 338 g/mol. The first kappa shape index (κ1) is 14.5. The average molecular weight is 339 g/mol. The number of benzene rings is 1. The quantitative estimate of drug-likeness (QED) is 0.652. The number of hydrogen-bond acceptors (Lipinski definition) is 3. The van der Waals surface area contributed by atoms with Gasteiger partial charge in [-0.25, -0.2) is 0 Å². The van der Waals surface area contributed by atoms with Crippen LogP contribution in [0.25, 0.3) is 0 Å². The van der Waals surface area contributed by atoms with Crippen molar-refractivity contribution in [3.05, 3.63) is 34.3 Å². The van der Waals surface area contributed by atoms with Gasteiger partial charge in [0, 0.05) is 11.1 Å². The third-order valence-corrected chi connectivity index (χ3v) is 5.66. The predicted molar refractivity (Wildman–Crippen MR) is 84.1 cm³/mol. The van der Waals surface area contributed by atoms with Crippen molar-refractivity contribution >= 4 is 15.9 Å². The van der Waals surface area contributed by atoms with Crippen molar-refractivity contribution in [3.8, 4) is 0 Å². The van der Waals surface area contributed by atoms with Crippen LogP contribution in [-0.2, 0) is 4.74 Å². The van der Waals surface area contributed by atoms with E-state index in [2.05, 4.69) is 39.6 Å². The van der Waals surface area contributed by atoms with Crippen molar-refractivity contribution in [2.24, 2.45) is 11.8 Å². The maximum atomic E-state index is 6.14. The third kappa shape index (κ3) is 2.80. The van der Waals surface area contributed by atoms with E-state index in [0.717, 1.165) is 23.9 Å². The Labute approximate surface area is 129 Å². The molecule has 1 spiro atoms. The molecule has 0 radical (unpaired) electrons. The number of nitrogens with two attached hydrogens (primary N) is 1. The van der Waals surface area contributed by atoms with Gasteiger partial charge in [0.15, 0.2) is 0 Å². The summed E-state index contributed by atoms with van der Waals surface area (Å²) in [5, 5.41) is 0. The molecule has 0 amide bonds. The fourth-order valence-electron chi connectivity index (χ4n) is 3.93. The number of nitrogens with one attached hydrogen (secondary N) is 1. The normalized spacial score (nSPS) is 26.8. The van der Waals surface area contributed by atoms with E-state index >= 15 is 0 Å². The molecule has 1 aromatic carbocycles. The van der Waals surface area contributed by atoms with Crippen LogP contribution in [0.4, 0.5) is 0 Å². The molecule has 0 bridgehead atoms. The Morgan fingerprint density at radius 1 is 1.30 bits per heavy atom. The standard InChI is InChI=1S/C16H23BrN2O/c17-14-6-2-1-5-13(14)15(19-18)12-7-10-20-16(11-12)8-3-4-9-16/h1-2,5-6,12,15,19H,3-4,7-11,18H2. The molecule has 2 aliphatic rings. The van der Waals surface area contributed by atoms with Gasteiger partial charge in [-0.05, 0) is 43.2 Å². The lowest BCUT2D eigenvalue weighted by molar-refractivity contribution is -0.0982. The predicted octanol–water partition coefficient (Wildman–Crippen LogP) is 3.69. The number of ether oxygens (including phenoxy) is 1. The lowest BCUT2D eigenvalue weighted by Gasteiger charge is -2.41. The Kier molecular flexibility index (Phi) is 4.46. The van der Waals surface area contributed by atoms with E-state index in [-0.39, 0.29) is 11.6 Å². The van der Waals surface area contributed by atoms with Gasteiger partial charge in [-0.1, -0.05) is 47.0 Å². The molecule has 2 atom stereocenters. The summed E-state index contributed by atoms with van der Waals surface area (Å²) < 4.78 is 7.27. The van der Waals surface area contributed by atoms with Gasteiger partial charge < -0.3 is 4.74 Å². The van der Waals surface area contributed by atoms with Gasteiger partial charge in [0.1, 0.15) is 0 Å². The smallest absolute Gasteiger partial charge is 0.0686 e. The number of halogens is 1. The second-order valence-corrected chi connectivity index (χ2v) is 7.01. The molecule has 20 heavy (non-hydrogen) atoms. The first-order chi connectivity index (χ1) is 9.74. The molecule has 3 nitrogen and oxygen atoms in total. The Morgan fingerprint density at radius 2 is 2.05 bits per heavy atom. The highest BCUT2D eigenvalue weighted by molar-refractivity contribution is 9.10. The minimum atomic E-state index is 0.138. The molecule has 1 saturated carbocycles. The molecule has 2 unspecified atom stereocenters. The van der Waals surface area contributed by atoms with Gasteiger partial charge in [-0.2, -0.15) is 0 Å². The van der Waals surface area contributed by atoms with Gasteiger partial charge in [-0.15, -0.1) is 0 Å². The fourth-order valence-corrected chi connectivity index (χ4v) is 4.46. The van der Waals surface area contributed by atoms with Gasteiger partial charge in [0.2, 0.25) is 0 Å². The van der Waals surface area contributed by atoms with E-state index in [1.807, 2.05) is 6.07 Å². The number of hydrogen-bond donors (Lipinski definition) is 2. The van der Waals surface area contributed by atoms with E-state index in [1.54, 1.807) is 0 Å². The van der Waals surface area contributed by atoms with Crippen molar-refractivity contribution in [1.82, 2.24) is 5.43 Å². The second-order valence-electron chi connectivity index (χ2n) is 6.16. The molecule has 3 N–H and O–H groups in total. The van der Waals surface area contributed by atoms with Crippen LogP contribution in [0.2, 0.25) is 0 Å². The molecular weight excluding hydrogens is 316 g/mol. The third-order valence-electron chi connectivity index (χ3n) is 4.94. The van der Waals surface area contributed by atoms with Crippen molar-refractivity contribution < 1.29 is 4.74 Å². The molecular formula is C16H23BrN2O. The molecule has 1 aliphatic carbocycles. The second kappa shape index (κ2) is 6.14. The summed E-state index contributed by atoms with van der Waals surface area (Å²) in [5.74, 6) is 6.43. The van der Waals surface area contributed by atoms with Gasteiger partial charge >= 0.3 is 0 Å². The van der Waals surface area contributed by atoms with Gasteiger partial charge in [0.05, 0.1) is 11.6 Å². The van der Waals surface area contributed by atoms with E-state index in [9.17, 15) is 0 Å². The van der Waals surface area contributed by atoms with Crippen molar-refractivity contribution in [1.29, 1.82) is 0 Å². The van der Waals surface area contributed by atoms with Crippen molar-refractivity contribution in [2.45, 2.75) is 50.2 Å². The molecule has 1 aromatic rings. The lowest BCUT2D eigenvalue weighted by atomic mass is 9.79. The maximum absolute atomic E-state index is 6.14. The Hall–Kier alpha value is -0.420. The summed E-state index contributed by atoms with van der Waals surface area (Å²) in [7, 11) is 0. The van der Waals surface area contributed by atoms with Crippen LogP contribution in [0, 0.1) is 5.92 Å². The highest BCUT2D eigenvalue weighted by Gasteiger charge is 2.42. The van der Waals surface area contributed by atoms with E-state index in [1.165, 1.54) is 31.2 Å². The highest BCUT2D eigenvalue weighted by atomic mass is 79.9. The van der Waals surface area contributed by atoms with E-state index in [4.69, 9.17) is 10.6 Å². The largest absolute Gasteiger partial charge is 0.375 e. The average Bonchev–Trinajstić information content (AvgIpc) is 2.90. The summed E-state index contributed by atoms with van der Waals surface area (Å²) >= 11 is 3.65. The molecule has 1 aliphatic heterocycles. The van der Waals surface area contributed by atoms with Crippen LogP contribution in [0.5, 0.6) is 0 Å². The zero-order chi connectivity index (χ0) is 14.0. The molecule has 110 valence electrons. The molecule has 2 fully saturated rings. The van der Waals surface area contributed by atoms with Gasteiger partial charge in [-0.3, -0.25) is 11.3 Å². The van der Waals surface area contributed by atoms with E-state index < -0.39 is 0 Å². The lowest BCUT2D eigenvalue weighted by Crippen LogP contribution is -2.43. The van der Waals surface area contributed by atoms with Crippen LogP contribution in [0.15, 0.2) is 28.7 Å². The molecule has 1 saturated heterocycles. The summed E-state index contributed by atoms with van der Waals surface area (Å²) in [4.78, 5) is 0. The topological polar surface area (TPSA) is 47.3 Å². The molecule has 0 aromatic heterocycles. The molecule has 1 heterocycles. The Balaban J connectivity index is 1.81. The summed E-state index contributed by atoms with van der Waals surface area (Å²) in [6.07, 6.45) is 7.26. The number of rotatable bonds is 3. The molecule has 3 rings (SSSR count). The zero-order valence-electron chi connectivity index (χ0n) is 11.8. The summed E-state index contributed by atoms with van der Waals surface area (Å²) in [5.41, 5.74) is 4.45. The highest BCUT2D eigenvalue weighted by Crippen LogP contribution is 2.45. The fraction of sp³-hybridized carbons (Fsp3) is 0.625. The van der Waals surface area contributed by atoms with Crippen LogP contribution in [0.1, 0.15) is 50.1 Å². The van der Waals surface area contributed by atoms with E-state index in [0.29, 0.717) is 5.92 Å². The SMILES string of the molecule is NNC(c1ccccc1Br)C1CCOC2(CCCC2)C1. The Bertz CT molecular complexity index is 460. The van der Waals surface area contributed by atoms with Crippen LogP contribution < -0.4 is 11.3 Å². The van der Waals surface area contributed by atoms with Crippen molar-refractivity contribution in [2.75, 3.05) is 6.61 Å². The van der Waals surface area contributed by atoms with Gasteiger partial charge in [0.25, 0.3) is 0 Å². The first-order valence-corrected chi connectivity index (χ1v) is 8.38. The van der Waals surface area contributed by atoms with Crippen LogP contribution in [-0.4, -0.2) is 12.2 Å². The summed E-state index contributed by atoms with van der Waals surface area (Å²) in [6, 6.07) is 8.57. The van der Waals surface area contributed by atoms with Crippen LogP contribution >= 0.6 is 15.9 Å². The number of hydrazine groups is 1. The van der Waals surface area contributed by atoms with Crippen LogP contribution in [0.3, 0.4) is 0 Å². The minimum Gasteiger partial charge on any atom is -0.375 e. The minimum absolute atomic E-state index is 0.138. The zero-order valence-corrected chi connectivity index (χ0v) is 13.4. The summed E-state index contributed by atoms with van der Waals surface area (Å²) in [6.45, 7) is 0.868.